The molecule has 0 spiro atoms. The van der Waals surface area contributed by atoms with E-state index in [1.54, 1.807) is 25.1 Å². The van der Waals surface area contributed by atoms with Gasteiger partial charge in [0.05, 0.1) is 22.3 Å². The Hall–Kier alpha value is -2.32. The Labute approximate surface area is 167 Å². The summed E-state index contributed by atoms with van der Waals surface area (Å²) in [7, 11) is 1.44. The fourth-order valence-electron chi connectivity index (χ4n) is 2.55. The number of para-hydroxylation sites is 1. The summed E-state index contributed by atoms with van der Waals surface area (Å²) >= 11 is 12.0. The molecular formula is C17H20Cl2N4O4. The van der Waals surface area contributed by atoms with Crippen molar-refractivity contribution in [2.75, 3.05) is 45.1 Å². The number of hydrogen-bond acceptors (Lipinski definition) is 4. The Bertz CT molecular complexity index is 751. The van der Waals surface area contributed by atoms with Gasteiger partial charge in [-0.3, -0.25) is 19.2 Å². The summed E-state index contributed by atoms with van der Waals surface area (Å²) in [6.07, 6.45) is 0. The quantitative estimate of drug-likeness (QED) is 0.705. The molecule has 8 nitrogen and oxygen atoms in total. The Morgan fingerprint density at radius 2 is 1.67 bits per heavy atom. The van der Waals surface area contributed by atoms with Crippen molar-refractivity contribution in [2.45, 2.75) is 6.92 Å². The van der Waals surface area contributed by atoms with Gasteiger partial charge in [0.25, 0.3) is 0 Å². The SMILES string of the molecule is CCN1CCN(CC(=O)N(C)CC(=O)Nc2c(Cl)cccc2Cl)C(=O)C1=O. The molecule has 27 heavy (non-hydrogen) atoms. The Morgan fingerprint density at radius 3 is 2.26 bits per heavy atom. The third-order valence-electron chi connectivity index (χ3n) is 4.14. The number of rotatable bonds is 6. The maximum Gasteiger partial charge on any atom is 0.312 e. The molecule has 1 aromatic rings. The standard InChI is InChI=1S/C17H20Cl2N4O4/c1-3-22-7-8-23(17(27)16(22)26)10-14(25)21(2)9-13(24)20-15-11(18)5-4-6-12(15)19/h4-6H,3,7-10H2,1-2H3,(H,20,24). The second-order valence-corrected chi connectivity index (χ2v) is 6.82. The van der Waals surface area contributed by atoms with Crippen LogP contribution in [-0.2, 0) is 19.2 Å². The van der Waals surface area contributed by atoms with Crippen LogP contribution in [-0.4, -0.2) is 78.1 Å². The van der Waals surface area contributed by atoms with E-state index in [2.05, 4.69) is 5.32 Å². The first-order valence-corrected chi connectivity index (χ1v) is 9.06. The zero-order chi connectivity index (χ0) is 20.1. The lowest BCUT2D eigenvalue weighted by Gasteiger charge is -2.33. The zero-order valence-electron chi connectivity index (χ0n) is 15.0. The van der Waals surface area contributed by atoms with Crippen molar-refractivity contribution >= 4 is 52.5 Å². The van der Waals surface area contributed by atoms with Crippen molar-refractivity contribution in [3.8, 4) is 0 Å². The number of anilines is 1. The van der Waals surface area contributed by atoms with E-state index in [9.17, 15) is 19.2 Å². The molecule has 2 rings (SSSR count). The van der Waals surface area contributed by atoms with E-state index in [-0.39, 0.29) is 35.4 Å². The molecule has 0 saturated carbocycles. The third kappa shape index (κ3) is 5.11. The van der Waals surface area contributed by atoms with Gasteiger partial charge in [0.2, 0.25) is 11.8 Å². The van der Waals surface area contributed by atoms with Crippen LogP contribution < -0.4 is 5.32 Å². The summed E-state index contributed by atoms with van der Waals surface area (Å²) in [5, 5.41) is 3.12. The van der Waals surface area contributed by atoms with Crippen LogP contribution in [0.2, 0.25) is 10.0 Å². The number of piperazine rings is 1. The van der Waals surface area contributed by atoms with E-state index in [0.717, 1.165) is 0 Å². The molecule has 1 aromatic carbocycles. The molecule has 0 aliphatic carbocycles. The zero-order valence-corrected chi connectivity index (χ0v) is 16.5. The molecule has 1 fully saturated rings. The fourth-order valence-corrected chi connectivity index (χ4v) is 3.04. The highest BCUT2D eigenvalue weighted by Crippen LogP contribution is 2.29. The van der Waals surface area contributed by atoms with E-state index < -0.39 is 23.6 Å². The highest BCUT2D eigenvalue weighted by molar-refractivity contribution is 6.39. The molecule has 146 valence electrons. The molecule has 0 bridgehead atoms. The largest absolute Gasteiger partial charge is 0.335 e. The van der Waals surface area contributed by atoms with E-state index in [1.165, 1.54) is 21.7 Å². The number of nitrogens with zero attached hydrogens (tertiary/aromatic N) is 3. The van der Waals surface area contributed by atoms with Crippen LogP contribution in [0.5, 0.6) is 0 Å². The second kappa shape index (κ2) is 9.05. The summed E-state index contributed by atoms with van der Waals surface area (Å²) in [5.41, 5.74) is 0.267. The van der Waals surface area contributed by atoms with Gasteiger partial charge in [0, 0.05) is 26.7 Å². The van der Waals surface area contributed by atoms with E-state index in [4.69, 9.17) is 23.2 Å². The number of nitrogens with one attached hydrogen (secondary N) is 1. The van der Waals surface area contributed by atoms with Crippen molar-refractivity contribution in [1.82, 2.24) is 14.7 Å². The van der Waals surface area contributed by atoms with Crippen molar-refractivity contribution in [3.05, 3.63) is 28.2 Å². The normalized spacial score (nSPS) is 14.4. The first-order valence-electron chi connectivity index (χ1n) is 8.30. The minimum Gasteiger partial charge on any atom is -0.335 e. The van der Waals surface area contributed by atoms with E-state index in [1.807, 2.05) is 0 Å². The Morgan fingerprint density at radius 1 is 1.11 bits per heavy atom. The summed E-state index contributed by atoms with van der Waals surface area (Å²) in [6, 6.07) is 4.81. The Balaban J connectivity index is 1.91. The molecular weight excluding hydrogens is 395 g/mol. The molecule has 0 aromatic heterocycles. The number of halogens is 2. The second-order valence-electron chi connectivity index (χ2n) is 6.01. The van der Waals surface area contributed by atoms with Gasteiger partial charge in [0.15, 0.2) is 0 Å². The number of hydrogen-bond donors (Lipinski definition) is 1. The maximum absolute atomic E-state index is 12.3. The van der Waals surface area contributed by atoms with Crippen molar-refractivity contribution in [1.29, 1.82) is 0 Å². The molecule has 1 heterocycles. The molecule has 0 atom stereocenters. The minimum absolute atomic E-state index is 0.253. The summed E-state index contributed by atoms with van der Waals surface area (Å²) in [4.78, 5) is 52.2. The monoisotopic (exact) mass is 414 g/mol. The molecule has 4 amide bonds. The van der Waals surface area contributed by atoms with Gasteiger partial charge in [-0.2, -0.15) is 0 Å². The summed E-state index contributed by atoms with van der Waals surface area (Å²) < 4.78 is 0. The number of benzene rings is 1. The predicted molar refractivity (Wildman–Crippen MR) is 102 cm³/mol. The fraction of sp³-hybridized carbons (Fsp3) is 0.412. The highest BCUT2D eigenvalue weighted by atomic mass is 35.5. The lowest BCUT2D eigenvalue weighted by Crippen LogP contribution is -2.56. The minimum atomic E-state index is -0.711. The van der Waals surface area contributed by atoms with E-state index in [0.29, 0.717) is 13.1 Å². The predicted octanol–water partition coefficient (Wildman–Crippen LogP) is 1.08. The third-order valence-corrected chi connectivity index (χ3v) is 4.77. The van der Waals surface area contributed by atoms with Crippen LogP contribution in [0.4, 0.5) is 5.69 Å². The van der Waals surface area contributed by atoms with Crippen LogP contribution >= 0.6 is 23.2 Å². The number of amides is 4. The summed E-state index contributed by atoms with van der Waals surface area (Å²) in [6.45, 7) is 2.36. The van der Waals surface area contributed by atoms with Gasteiger partial charge in [-0.05, 0) is 19.1 Å². The molecule has 1 aliphatic heterocycles. The first kappa shape index (κ1) is 21.0. The van der Waals surface area contributed by atoms with Gasteiger partial charge in [-0.15, -0.1) is 0 Å². The van der Waals surface area contributed by atoms with Crippen LogP contribution in [0, 0.1) is 0 Å². The Kier molecular flexibility index (Phi) is 7.04. The number of likely N-dealkylation sites (N-methyl/N-ethyl adjacent to an activating group) is 2. The maximum atomic E-state index is 12.3. The van der Waals surface area contributed by atoms with Crippen LogP contribution in [0.25, 0.3) is 0 Å². The highest BCUT2D eigenvalue weighted by Gasteiger charge is 2.33. The first-order chi connectivity index (χ1) is 12.7. The van der Waals surface area contributed by atoms with Crippen molar-refractivity contribution in [2.24, 2.45) is 0 Å². The lowest BCUT2D eigenvalue weighted by molar-refractivity contribution is -0.157. The van der Waals surface area contributed by atoms with Gasteiger partial charge in [-0.1, -0.05) is 29.3 Å². The smallest absolute Gasteiger partial charge is 0.312 e. The summed E-state index contributed by atoms with van der Waals surface area (Å²) in [5.74, 6) is -2.27. The van der Waals surface area contributed by atoms with Gasteiger partial charge in [-0.25, -0.2) is 0 Å². The van der Waals surface area contributed by atoms with Crippen molar-refractivity contribution < 1.29 is 19.2 Å². The van der Waals surface area contributed by atoms with Gasteiger partial charge >= 0.3 is 11.8 Å². The number of carbonyl (C=O) groups excluding carboxylic acids is 4. The van der Waals surface area contributed by atoms with E-state index >= 15 is 0 Å². The molecule has 1 N–H and O–H groups in total. The lowest BCUT2D eigenvalue weighted by atomic mass is 10.2. The molecule has 1 aliphatic rings. The molecule has 0 radical (unpaired) electrons. The van der Waals surface area contributed by atoms with Crippen LogP contribution in [0.15, 0.2) is 18.2 Å². The molecule has 10 heteroatoms. The topological polar surface area (TPSA) is 90.0 Å². The molecule has 1 saturated heterocycles. The van der Waals surface area contributed by atoms with Crippen LogP contribution in [0.3, 0.4) is 0 Å². The molecule has 0 unspecified atom stereocenters. The van der Waals surface area contributed by atoms with Gasteiger partial charge < -0.3 is 20.0 Å². The average molecular weight is 415 g/mol. The average Bonchev–Trinajstić information content (AvgIpc) is 2.62. The van der Waals surface area contributed by atoms with Crippen LogP contribution in [0.1, 0.15) is 6.92 Å². The number of carbonyl (C=O) groups is 4. The van der Waals surface area contributed by atoms with Crippen molar-refractivity contribution in [3.63, 3.8) is 0 Å². The van der Waals surface area contributed by atoms with Gasteiger partial charge in [0.1, 0.15) is 6.54 Å².